The Kier molecular flexibility index (Phi) is 5.00. The van der Waals surface area contributed by atoms with Crippen LogP contribution >= 0.6 is 15.9 Å². The molecule has 0 heterocycles. The Morgan fingerprint density at radius 2 is 2.18 bits per heavy atom. The first-order valence-electron chi connectivity index (χ1n) is 5.69. The van der Waals surface area contributed by atoms with E-state index in [-0.39, 0.29) is 0 Å². The average Bonchev–Trinajstić information content (AvgIpc) is 2.28. The number of hydrogen-bond acceptors (Lipinski definition) is 2. The summed E-state index contributed by atoms with van der Waals surface area (Å²) in [7, 11) is 2.02. The second-order valence-electron chi connectivity index (χ2n) is 4.37. The molecule has 0 saturated heterocycles. The van der Waals surface area contributed by atoms with Gasteiger partial charge in [-0.05, 0) is 40.0 Å². The van der Waals surface area contributed by atoms with Gasteiger partial charge >= 0.3 is 5.97 Å². The van der Waals surface area contributed by atoms with Crippen molar-refractivity contribution >= 4 is 27.6 Å². The summed E-state index contributed by atoms with van der Waals surface area (Å²) in [6, 6.07) is 5.12. The lowest BCUT2D eigenvalue weighted by atomic mass is 10.1. The molecule has 0 amide bonds. The van der Waals surface area contributed by atoms with Gasteiger partial charge in [-0.3, -0.25) is 0 Å². The molecule has 1 unspecified atom stereocenters. The molecular weight excluding hydrogens is 282 g/mol. The number of hydrogen-bond donors (Lipinski definition) is 1. The van der Waals surface area contributed by atoms with Gasteiger partial charge < -0.3 is 10.0 Å². The molecular formula is C13H18BrNO2. The lowest BCUT2D eigenvalue weighted by Crippen LogP contribution is -2.24. The monoisotopic (exact) mass is 299 g/mol. The minimum Gasteiger partial charge on any atom is -0.478 e. The molecule has 1 aromatic rings. The molecule has 0 aliphatic carbocycles. The van der Waals surface area contributed by atoms with E-state index in [1.807, 2.05) is 13.1 Å². The van der Waals surface area contributed by atoms with Crippen molar-refractivity contribution in [2.75, 3.05) is 18.5 Å². The summed E-state index contributed by atoms with van der Waals surface area (Å²) >= 11 is 3.42. The average molecular weight is 300 g/mol. The molecule has 0 bridgehead atoms. The van der Waals surface area contributed by atoms with Gasteiger partial charge in [-0.2, -0.15) is 0 Å². The van der Waals surface area contributed by atoms with Crippen LogP contribution in [0.3, 0.4) is 0 Å². The number of anilines is 1. The zero-order chi connectivity index (χ0) is 13.0. The number of carboxylic acids is 1. The molecule has 0 aromatic heterocycles. The van der Waals surface area contributed by atoms with Crippen LogP contribution in [0.4, 0.5) is 5.69 Å². The summed E-state index contributed by atoms with van der Waals surface area (Å²) in [6.45, 7) is 5.33. The number of carbonyl (C=O) groups is 1. The number of rotatable bonds is 5. The predicted molar refractivity (Wildman–Crippen MR) is 73.8 cm³/mol. The molecule has 1 atom stereocenters. The standard InChI is InChI=1S/C13H18BrNO2/c1-4-9(2)8-15(3)12-6-5-10(13(16)17)7-11(12)14/h5-7,9H,4,8H2,1-3H3,(H,16,17). The van der Waals surface area contributed by atoms with Crippen molar-refractivity contribution < 1.29 is 9.90 Å². The SMILES string of the molecule is CCC(C)CN(C)c1ccc(C(=O)O)cc1Br. The molecule has 1 aromatic carbocycles. The minimum absolute atomic E-state index is 0.303. The summed E-state index contributed by atoms with van der Waals surface area (Å²) in [5.41, 5.74) is 1.33. The minimum atomic E-state index is -0.901. The van der Waals surface area contributed by atoms with Gasteiger partial charge in [0.25, 0.3) is 0 Å². The van der Waals surface area contributed by atoms with E-state index in [0.29, 0.717) is 11.5 Å². The van der Waals surface area contributed by atoms with E-state index in [4.69, 9.17) is 5.11 Å². The van der Waals surface area contributed by atoms with Crippen LogP contribution in [-0.2, 0) is 0 Å². The summed E-state index contributed by atoms with van der Waals surface area (Å²) in [6.07, 6.45) is 1.13. The van der Waals surface area contributed by atoms with E-state index in [2.05, 4.69) is 34.7 Å². The Bertz CT molecular complexity index is 406. The first kappa shape index (κ1) is 14.0. The van der Waals surface area contributed by atoms with Gasteiger partial charge in [0.1, 0.15) is 0 Å². The quantitative estimate of drug-likeness (QED) is 0.902. The van der Waals surface area contributed by atoms with E-state index in [1.54, 1.807) is 12.1 Å². The van der Waals surface area contributed by atoms with Crippen LogP contribution in [0.1, 0.15) is 30.6 Å². The van der Waals surface area contributed by atoms with Gasteiger partial charge in [0.15, 0.2) is 0 Å². The van der Waals surface area contributed by atoms with Gasteiger partial charge in [0, 0.05) is 18.1 Å². The second-order valence-corrected chi connectivity index (χ2v) is 5.22. The highest BCUT2D eigenvalue weighted by molar-refractivity contribution is 9.10. The molecule has 3 nitrogen and oxygen atoms in total. The Morgan fingerprint density at radius 3 is 2.65 bits per heavy atom. The first-order valence-corrected chi connectivity index (χ1v) is 6.49. The fraction of sp³-hybridized carbons (Fsp3) is 0.462. The number of benzene rings is 1. The number of aromatic carboxylic acids is 1. The van der Waals surface area contributed by atoms with Crippen molar-refractivity contribution in [3.8, 4) is 0 Å². The topological polar surface area (TPSA) is 40.5 Å². The van der Waals surface area contributed by atoms with E-state index in [1.165, 1.54) is 0 Å². The number of halogens is 1. The molecule has 94 valence electrons. The van der Waals surface area contributed by atoms with E-state index < -0.39 is 5.97 Å². The van der Waals surface area contributed by atoms with Gasteiger partial charge in [-0.1, -0.05) is 20.3 Å². The Hall–Kier alpha value is -1.03. The normalized spacial score (nSPS) is 12.2. The van der Waals surface area contributed by atoms with Crippen LogP contribution in [0.15, 0.2) is 22.7 Å². The molecule has 0 aliphatic rings. The lowest BCUT2D eigenvalue weighted by Gasteiger charge is -2.24. The summed E-state index contributed by atoms with van der Waals surface area (Å²) in [4.78, 5) is 13.0. The zero-order valence-corrected chi connectivity index (χ0v) is 12.0. The maximum atomic E-state index is 10.8. The first-order chi connectivity index (χ1) is 7.95. The van der Waals surface area contributed by atoms with Crippen LogP contribution in [0.2, 0.25) is 0 Å². The second kappa shape index (κ2) is 6.05. The van der Waals surface area contributed by atoms with Crippen molar-refractivity contribution in [2.45, 2.75) is 20.3 Å². The Balaban J connectivity index is 2.88. The Labute approximate surface area is 111 Å². The molecule has 0 spiro atoms. The van der Waals surface area contributed by atoms with E-state index in [0.717, 1.165) is 23.1 Å². The van der Waals surface area contributed by atoms with Gasteiger partial charge in [0.05, 0.1) is 11.3 Å². The van der Waals surface area contributed by atoms with Crippen molar-refractivity contribution in [3.63, 3.8) is 0 Å². The summed E-state index contributed by atoms with van der Waals surface area (Å²) in [5.74, 6) is -0.284. The maximum absolute atomic E-state index is 10.8. The summed E-state index contributed by atoms with van der Waals surface area (Å²) in [5, 5.41) is 8.89. The highest BCUT2D eigenvalue weighted by Crippen LogP contribution is 2.27. The fourth-order valence-electron chi connectivity index (χ4n) is 1.64. The number of carboxylic acid groups (broad SMARTS) is 1. The largest absolute Gasteiger partial charge is 0.478 e. The maximum Gasteiger partial charge on any atom is 0.335 e. The smallest absolute Gasteiger partial charge is 0.335 e. The third-order valence-corrected chi connectivity index (χ3v) is 3.52. The predicted octanol–water partition coefficient (Wildman–Crippen LogP) is 3.63. The highest BCUT2D eigenvalue weighted by atomic mass is 79.9. The van der Waals surface area contributed by atoms with E-state index in [9.17, 15) is 4.79 Å². The van der Waals surface area contributed by atoms with Crippen LogP contribution in [0.25, 0.3) is 0 Å². The Morgan fingerprint density at radius 1 is 1.53 bits per heavy atom. The molecule has 1 rings (SSSR count). The molecule has 4 heteroatoms. The highest BCUT2D eigenvalue weighted by Gasteiger charge is 2.11. The third kappa shape index (κ3) is 3.73. The molecule has 1 N–H and O–H groups in total. The van der Waals surface area contributed by atoms with Crippen molar-refractivity contribution in [1.82, 2.24) is 0 Å². The van der Waals surface area contributed by atoms with Gasteiger partial charge in [0.2, 0.25) is 0 Å². The molecule has 17 heavy (non-hydrogen) atoms. The molecule has 0 saturated carbocycles. The number of nitrogens with zero attached hydrogens (tertiary/aromatic N) is 1. The molecule has 0 fully saturated rings. The van der Waals surface area contributed by atoms with E-state index >= 15 is 0 Å². The van der Waals surface area contributed by atoms with Crippen LogP contribution < -0.4 is 4.90 Å². The van der Waals surface area contributed by atoms with Gasteiger partial charge in [-0.15, -0.1) is 0 Å². The molecule has 0 aliphatic heterocycles. The van der Waals surface area contributed by atoms with Crippen molar-refractivity contribution in [3.05, 3.63) is 28.2 Å². The fourth-order valence-corrected chi connectivity index (χ4v) is 2.33. The molecule has 0 radical (unpaired) electrons. The van der Waals surface area contributed by atoms with Crippen molar-refractivity contribution in [1.29, 1.82) is 0 Å². The third-order valence-electron chi connectivity index (χ3n) is 2.89. The van der Waals surface area contributed by atoms with Crippen LogP contribution in [0, 0.1) is 5.92 Å². The van der Waals surface area contributed by atoms with Gasteiger partial charge in [-0.25, -0.2) is 4.79 Å². The van der Waals surface area contributed by atoms with Crippen LogP contribution in [0.5, 0.6) is 0 Å². The van der Waals surface area contributed by atoms with Crippen molar-refractivity contribution in [2.24, 2.45) is 5.92 Å². The summed E-state index contributed by atoms with van der Waals surface area (Å²) < 4.78 is 0.822. The lowest BCUT2D eigenvalue weighted by molar-refractivity contribution is 0.0697. The zero-order valence-electron chi connectivity index (χ0n) is 10.4. The van der Waals surface area contributed by atoms with Crippen LogP contribution in [-0.4, -0.2) is 24.7 Å².